The fraction of sp³-hybridized carbons (Fsp3) is 0.167. The Labute approximate surface area is 169 Å². The van der Waals surface area contributed by atoms with Gasteiger partial charge in [0.05, 0.1) is 24.5 Å². The van der Waals surface area contributed by atoms with Crippen molar-refractivity contribution in [1.82, 2.24) is 15.1 Å². The van der Waals surface area contributed by atoms with Gasteiger partial charge in [0.15, 0.2) is 0 Å². The Morgan fingerprint density at radius 3 is 2.34 bits per heavy atom. The number of aromatic amines is 1. The van der Waals surface area contributed by atoms with Crippen LogP contribution in [0.25, 0.3) is 11.3 Å². The number of carbonyl (C=O) groups excluding carboxylic acids is 1. The molecule has 0 spiro atoms. The van der Waals surface area contributed by atoms with Crippen LogP contribution in [0.3, 0.4) is 0 Å². The Morgan fingerprint density at radius 1 is 1.00 bits per heavy atom. The lowest BCUT2D eigenvalue weighted by Crippen LogP contribution is -2.28. The number of rotatable bonds is 4. The first-order chi connectivity index (χ1) is 14.1. The van der Waals surface area contributed by atoms with Crippen molar-refractivity contribution in [2.24, 2.45) is 0 Å². The quantitative estimate of drug-likeness (QED) is 0.537. The predicted octanol–water partition coefficient (Wildman–Crippen LogP) is 5.03. The summed E-state index contributed by atoms with van der Waals surface area (Å²) in [6.45, 7) is 4.52. The fourth-order valence-electron chi connectivity index (χ4n) is 3.96. The van der Waals surface area contributed by atoms with Crippen LogP contribution in [-0.4, -0.2) is 21.0 Å². The topological polar surface area (TPSA) is 62.1 Å². The second-order valence-electron chi connectivity index (χ2n) is 7.55. The number of fused-ring (bicyclic) bond motifs is 1. The molecule has 0 radical (unpaired) electrons. The minimum absolute atomic E-state index is 0.0622. The highest BCUT2D eigenvalue weighted by Crippen LogP contribution is 2.43. The number of nitrogens with zero attached hydrogens (tertiary/aromatic N) is 2. The molecule has 1 aliphatic heterocycles. The van der Waals surface area contributed by atoms with E-state index in [0.29, 0.717) is 12.2 Å². The zero-order chi connectivity index (χ0) is 20.0. The highest BCUT2D eigenvalue weighted by Gasteiger charge is 2.42. The van der Waals surface area contributed by atoms with Crippen LogP contribution in [0.5, 0.6) is 0 Å². The normalized spacial score (nSPS) is 15.7. The van der Waals surface area contributed by atoms with Gasteiger partial charge in [0.2, 0.25) is 0 Å². The summed E-state index contributed by atoms with van der Waals surface area (Å²) in [7, 11) is 0. The molecule has 0 saturated carbocycles. The molecule has 5 nitrogen and oxygen atoms in total. The second kappa shape index (κ2) is 6.78. The van der Waals surface area contributed by atoms with Gasteiger partial charge in [-0.2, -0.15) is 5.10 Å². The summed E-state index contributed by atoms with van der Waals surface area (Å²) in [5, 5.41) is 7.51. The molecular formula is C24H21N3O2. The van der Waals surface area contributed by atoms with Crippen molar-refractivity contribution in [3.8, 4) is 11.3 Å². The molecule has 5 rings (SSSR count). The van der Waals surface area contributed by atoms with E-state index in [0.717, 1.165) is 28.1 Å². The zero-order valence-electron chi connectivity index (χ0n) is 16.3. The number of H-pyrrole nitrogens is 1. The summed E-state index contributed by atoms with van der Waals surface area (Å²) in [6.07, 6.45) is 1.63. The average Bonchev–Trinajstić information content (AvgIpc) is 3.44. The van der Waals surface area contributed by atoms with Crippen molar-refractivity contribution >= 4 is 5.91 Å². The van der Waals surface area contributed by atoms with Gasteiger partial charge in [-0.3, -0.25) is 9.89 Å². The monoisotopic (exact) mass is 383 g/mol. The van der Waals surface area contributed by atoms with Crippen LogP contribution in [0, 0.1) is 13.8 Å². The number of aryl methyl sites for hydroxylation is 2. The van der Waals surface area contributed by atoms with Gasteiger partial charge in [-0.25, -0.2) is 0 Å². The third-order valence-electron chi connectivity index (χ3n) is 5.49. The van der Waals surface area contributed by atoms with Gasteiger partial charge in [0.25, 0.3) is 5.91 Å². The maximum absolute atomic E-state index is 13.3. The largest absolute Gasteiger partial charge is 0.467 e. The molecule has 144 valence electrons. The van der Waals surface area contributed by atoms with E-state index in [-0.39, 0.29) is 11.9 Å². The van der Waals surface area contributed by atoms with Crippen molar-refractivity contribution in [2.75, 3.05) is 0 Å². The first-order valence-electron chi connectivity index (χ1n) is 9.67. The smallest absolute Gasteiger partial charge is 0.273 e. The van der Waals surface area contributed by atoms with Crippen molar-refractivity contribution < 1.29 is 9.21 Å². The van der Waals surface area contributed by atoms with Gasteiger partial charge >= 0.3 is 0 Å². The van der Waals surface area contributed by atoms with Crippen LogP contribution >= 0.6 is 0 Å². The van der Waals surface area contributed by atoms with Crippen LogP contribution in [0.2, 0.25) is 0 Å². The standard InChI is InChI=1S/C24H21N3O2/c1-15-5-9-17(10-6-15)21-20-22(26-25-21)24(28)27(14-19-4-3-13-29-19)23(20)18-11-7-16(2)8-12-18/h3-13,23H,14H2,1-2H3,(H,25,26). The van der Waals surface area contributed by atoms with Crippen LogP contribution in [0.15, 0.2) is 71.3 Å². The predicted molar refractivity (Wildman–Crippen MR) is 110 cm³/mol. The number of benzene rings is 2. The summed E-state index contributed by atoms with van der Waals surface area (Å²) >= 11 is 0. The molecule has 1 N–H and O–H groups in total. The summed E-state index contributed by atoms with van der Waals surface area (Å²) < 4.78 is 5.53. The SMILES string of the molecule is Cc1ccc(-c2n[nH]c3c2C(c2ccc(C)cc2)N(Cc2ccco2)C3=O)cc1. The molecule has 29 heavy (non-hydrogen) atoms. The number of nitrogens with one attached hydrogen (secondary N) is 1. The van der Waals surface area contributed by atoms with Crippen LogP contribution in [0.1, 0.15) is 44.5 Å². The van der Waals surface area contributed by atoms with Gasteiger partial charge < -0.3 is 9.32 Å². The van der Waals surface area contributed by atoms with Crippen LogP contribution < -0.4 is 0 Å². The second-order valence-corrected chi connectivity index (χ2v) is 7.55. The first-order valence-corrected chi connectivity index (χ1v) is 9.67. The molecule has 5 heteroatoms. The Morgan fingerprint density at radius 2 is 1.69 bits per heavy atom. The molecule has 3 heterocycles. The van der Waals surface area contributed by atoms with E-state index in [2.05, 4.69) is 72.6 Å². The molecule has 0 saturated heterocycles. The Kier molecular flexibility index (Phi) is 4.09. The van der Waals surface area contributed by atoms with Crippen molar-refractivity contribution in [3.05, 3.63) is 101 Å². The van der Waals surface area contributed by atoms with Crippen molar-refractivity contribution in [3.63, 3.8) is 0 Å². The minimum Gasteiger partial charge on any atom is -0.467 e. The average molecular weight is 383 g/mol. The van der Waals surface area contributed by atoms with Crippen LogP contribution in [-0.2, 0) is 6.54 Å². The van der Waals surface area contributed by atoms with E-state index in [1.54, 1.807) is 6.26 Å². The molecule has 0 bridgehead atoms. The van der Waals surface area contributed by atoms with E-state index in [1.165, 1.54) is 11.1 Å². The van der Waals surface area contributed by atoms with Crippen molar-refractivity contribution in [2.45, 2.75) is 26.4 Å². The van der Waals surface area contributed by atoms with Gasteiger partial charge in [-0.1, -0.05) is 59.7 Å². The van der Waals surface area contributed by atoms with E-state index in [4.69, 9.17) is 4.42 Å². The maximum atomic E-state index is 13.3. The van der Waals surface area contributed by atoms with E-state index in [9.17, 15) is 4.79 Å². The lowest BCUT2D eigenvalue weighted by molar-refractivity contribution is 0.0717. The summed E-state index contributed by atoms with van der Waals surface area (Å²) in [4.78, 5) is 15.1. The fourth-order valence-corrected chi connectivity index (χ4v) is 3.96. The number of amides is 1. The lowest BCUT2D eigenvalue weighted by atomic mass is 9.95. The molecule has 2 aromatic carbocycles. The molecule has 1 amide bonds. The minimum atomic E-state index is -0.224. The Hall–Kier alpha value is -3.60. The molecule has 2 aromatic heterocycles. The van der Waals surface area contributed by atoms with Gasteiger partial charge in [-0.05, 0) is 31.5 Å². The number of hydrogen-bond donors (Lipinski definition) is 1. The highest BCUT2D eigenvalue weighted by molar-refractivity contribution is 6.00. The first kappa shape index (κ1) is 17.5. The highest BCUT2D eigenvalue weighted by atomic mass is 16.3. The number of aromatic nitrogens is 2. The number of hydrogen-bond acceptors (Lipinski definition) is 3. The summed E-state index contributed by atoms with van der Waals surface area (Å²) in [5.41, 5.74) is 6.73. The summed E-state index contributed by atoms with van der Waals surface area (Å²) in [6, 6.07) is 20.1. The van der Waals surface area contributed by atoms with Crippen LogP contribution in [0.4, 0.5) is 0 Å². The Bertz CT molecular complexity index is 1160. The molecule has 1 aliphatic rings. The summed E-state index contributed by atoms with van der Waals surface area (Å²) in [5.74, 6) is 0.693. The van der Waals surface area contributed by atoms with Gasteiger partial charge in [0.1, 0.15) is 11.5 Å². The third-order valence-corrected chi connectivity index (χ3v) is 5.49. The maximum Gasteiger partial charge on any atom is 0.273 e. The Balaban J connectivity index is 1.65. The van der Waals surface area contributed by atoms with E-state index >= 15 is 0 Å². The molecule has 4 aromatic rings. The third kappa shape index (κ3) is 2.95. The molecule has 0 aliphatic carbocycles. The number of furan rings is 1. The van der Waals surface area contributed by atoms with Gasteiger partial charge in [-0.15, -0.1) is 0 Å². The van der Waals surface area contributed by atoms with Gasteiger partial charge in [0, 0.05) is 11.1 Å². The number of carbonyl (C=O) groups is 1. The zero-order valence-corrected chi connectivity index (χ0v) is 16.3. The van der Waals surface area contributed by atoms with E-state index < -0.39 is 0 Å². The molecule has 1 unspecified atom stereocenters. The molecular weight excluding hydrogens is 362 g/mol. The van der Waals surface area contributed by atoms with E-state index in [1.807, 2.05) is 17.0 Å². The molecule has 0 fully saturated rings. The lowest BCUT2D eigenvalue weighted by Gasteiger charge is -2.25. The van der Waals surface area contributed by atoms with Crippen molar-refractivity contribution in [1.29, 1.82) is 0 Å². The molecule has 1 atom stereocenters.